The third-order valence-corrected chi connectivity index (χ3v) is 4.11. The molecular formula is C19H24N4. The number of aromatic nitrogens is 3. The number of hydrogen-bond donors (Lipinski definition) is 1. The molecule has 0 fully saturated rings. The van der Waals surface area contributed by atoms with Crippen LogP contribution in [0, 0.1) is 20.8 Å². The summed E-state index contributed by atoms with van der Waals surface area (Å²) < 4.78 is 1.94. The number of hydrogen-bond acceptors (Lipinski definition) is 3. The molecule has 0 bridgehead atoms. The van der Waals surface area contributed by atoms with Gasteiger partial charge < -0.3 is 5.32 Å². The van der Waals surface area contributed by atoms with Gasteiger partial charge in [-0.2, -0.15) is 9.61 Å². The number of nitrogens with zero attached hydrogens (tertiary/aromatic N) is 3. The summed E-state index contributed by atoms with van der Waals surface area (Å²) in [6.07, 6.45) is 2.32. The van der Waals surface area contributed by atoms with Crippen molar-refractivity contribution in [2.75, 3.05) is 11.9 Å². The van der Waals surface area contributed by atoms with Gasteiger partial charge in [-0.15, -0.1) is 0 Å². The second-order valence-corrected chi connectivity index (χ2v) is 6.14. The molecule has 1 N–H and O–H groups in total. The van der Waals surface area contributed by atoms with Crippen LogP contribution in [0.5, 0.6) is 0 Å². The van der Waals surface area contributed by atoms with Gasteiger partial charge >= 0.3 is 0 Å². The number of aryl methyl sites for hydroxylation is 3. The van der Waals surface area contributed by atoms with Gasteiger partial charge in [0, 0.05) is 29.4 Å². The number of nitrogens with one attached hydrogen (secondary N) is 1. The molecule has 3 rings (SSSR count). The zero-order valence-corrected chi connectivity index (χ0v) is 14.3. The van der Waals surface area contributed by atoms with Crippen LogP contribution in [0.1, 0.15) is 36.6 Å². The maximum atomic E-state index is 4.82. The van der Waals surface area contributed by atoms with Crippen molar-refractivity contribution in [1.29, 1.82) is 0 Å². The lowest BCUT2D eigenvalue weighted by atomic mass is 10.1. The minimum absolute atomic E-state index is 0.930. The minimum Gasteiger partial charge on any atom is -0.370 e. The number of benzene rings is 1. The summed E-state index contributed by atoms with van der Waals surface area (Å²) in [6, 6.07) is 10.6. The van der Waals surface area contributed by atoms with Crippen LogP contribution < -0.4 is 5.32 Å². The second kappa shape index (κ2) is 6.41. The molecule has 120 valence electrons. The summed E-state index contributed by atoms with van der Waals surface area (Å²) in [7, 11) is 0. The molecule has 0 atom stereocenters. The Balaban J connectivity index is 2.09. The Morgan fingerprint density at radius 2 is 1.83 bits per heavy atom. The molecule has 0 saturated carbocycles. The first-order valence-corrected chi connectivity index (χ1v) is 8.28. The van der Waals surface area contributed by atoms with Crippen molar-refractivity contribution in [1.82, 2.24) is 14.6 Å². The zero-order valence-electron chi connectivity index (χ0n) is 14.3. The highest BCUT2D eigenvalue weighted by Gasteiger charge is 2.14. The van der Waals surface area contributed by atoms with E-state index in [9.17, 15) is 0 Å². The fraction of sp³-hybridized carbons (Fsp3) is 0.368. The predicted molar refractivity (Wildman–Crippen MR) is 96.0 cm³/mol. The highest BCUT2D eigenvalue weighted by atomic mass is 15.3. The van der Waals surface area contributed by atoms with E-state index < -0.39 is 0 Å². The molecule has 0 saturated heterocycles. The molecule has 0 spiro atoms. The number of unbranched alkanes of at least 4 members (excludes halogenated alkanes) is 1. The van der Waals surface area contributed by atoms with Gasteiger partial charge in [-0.25, -0.2) is 4.98 Å². The summed E-state index contributed by atoms with van der Waals surface area (Å²) in [4.78, 5) is 4.69. The number of fused-ring (bicyclic) bond motifs is 1. The second-order valence-electron chi connectivity index (χ2n) is 6.14. The Bertz CT molecular complexity index is 815. The standard InChI is InChI=1S/C19H24N4/c1-5-6-11-20-17-12-14(3)21-19-15(4)18(22-23(17)19)16-9-7-13(2)8-10-16/h7-10,12,20H,5-6,11H2,1-4H3. The van der Waals surface area contributed by atoms with Gasteiger partial charge in [0.15, 0.2) is 5.65 Å². The van der Waals surface area contributed by atoms with Gasteiger partial charge in [-0.3, -0.25) is 0 Å². The minimum atomic E-state index is 0.930. The van der Waals surface area contributed by atoms with Crippen LogP contribution >= 0.6 is 0 Å². The van der Waals surface area contributed by atoms with Crippen LogP contribution in [0.3, 0.4) is 0 Å². The predicted octanol–water partition coefficient (Wildman–Crippen LogP) is 4.53. The molecule has 0 unspecified atom stereocenters. The highest BCUT2D eigenvalue weighted by molar-refractivity contribution is 5.71. The average Bonchev–Trinajstić information content (AvgIpc) is 2.86. The SMILES string of the molecule is CCCCNc1cc(C)nc2c(C)c(-c3ccc(C)cc3)nn12. The molecule has 0 aliphatic heterocycles. The van der Waals surface area contributed by atoms with Crippen LogP contribution in [-0.2, 0) is 0 Å². The summed E-state index contributed by atoms with van der Waals surface area (Å²) in [5.74, 6) is 1.02. The lowest BCUT2D eigenvalue weighted by molar-refractivity contribution is 0.819. The van der Waals surface area contributed by atoms with E-state index in [1.54, 1.807) is 0 Å². The van der Waals surface area contributed by atoms with Crippen molar-refractivity contribution < 1.29 is 0 Å². The molecular weight excluding hydrogens is 284 g/mol. The van der Waals surface area contributed by atoms with Gasteiger partial charge in [0.2, 0.25) is 0 Å². The molecule has 0 aliphatic carbocycles. The van der Waals surface area contributed by atoms with E-state index in [1.165, 1.54) is 12.0 Å². The molecule has 23 heavy (non-hydrogen) atoms. The fourth-order valence-corrected chi connectivity index (χ4v) is 2.75. The van der Waals surface area contributed by atoms with Crippen LogP contribution in [0.15, 0.2) is 30.3 Å². The maximum absolute atomic E-state index is 4.82. The third kappa shape index (κ3) is 3.07. The monoisotopic (exact) mass is 308 g/mol. The van der Waals surface area contributed by atoms with E-state index >= 15 is 0 Å². The smallest absolute Gasteiger partial charge is 0.161 e. The van der Waals surface area contributed by atoms with Crippen molar-refractivity contribution in [2.24, 2.45) is 0 Å². The quantitative estimate of drug-likeness (QED) is 0.704. The number of anilines is 1. The Morgan fingerprint density at radius 1 is 1.09 bits per heavy atom. The van der Waals surface area contributed by atoms with E-state index in [2.05, 4.69) is 61.4 Å². The molecule has 0 aliphatic rings. The maximum Gasteiger partial charge on any atom is 0.161 e. The molecule has 3 aromatic rings. The third-order valence-electron chi connectivity index (χ3n) is 4.11. The fourth-order valence-electron chi connectivity index (χ4n) is 2.75. The van der Waals surface area contributed by atoms with Crippen LogP contribution in [0.2, 0.25) is 0 Å². The van der Waals surface area contributed by atoms with Gasteiger partial charge in [0.05, 0.1) is 5.69 Å². The highest BCUT2D eigenvalue weighted by Crippen LogP contribution is 2.27. The van der Waals surface area contributed by atoms with Crippen LogP contribution in [0.25, 0.3) is 16.9 Å². The van der Waals surface area contributed by atoms with Crippen molar-refractivity contribution >= 4 is 11.5 Å². The van der Waals surface area contributed by atoms with Gasteiger partial charge in [0.1, 0.15) is 5.82 Å². The summed E-state index contributed by atoms with van der Waals surface area (Å²) in [6.45, 7) is 9.38. The lowest BCUT2D eigenvalue weighted by Crippen LogP contribution is -2.08. The normalized spacial score (nSPS) is 11.1. The molecule has 1 aromatic carbocycles. The Labute approximate surface area is 137 Å². The van der Waals surface area contributed by atoms with Gasteiger partial charge in [-0.05, 0) is 27.2 Å². The Kier molecular flexibility index (Phi) is 4.33. The van der Waals surface area contributed by atoms with Crippen molar-refractivity contribution in [3.05, 3.63) is 47.2 Å². The number of rotatable bonds is 5. The summed E-state index contributed by atoms with van der Waals surface area (Å²) in [5, 5.41) is 8.31. The Hall–Kier alpha value is -2.36. The van der Waals surface area contributed by atoms with Gasteiger partial charge in [0.25, 0.3) is 0 Å². The van der Waals surface area contributed by atoms with Crippen molar-refractivity contribution in [3.63, 3.8) is 0 Å². The molecule has 0 amide bonds. The van der Waals surface area contributed by atoms with E-state index in [1.807, 2.05) is 11.4 Å². The van der Waals surface area contributed by atoms with Crippen molar-refractivity contribution in [2.45, 2.75) is 40.5 Å². The van der Waals surface area contributed by atoms with E-state index in [0.29, 0.717) is 0 Å². The zero-order chi connectivity index (χ0) is 16.4. The topological polar surface area (TPSA) is 42.2 Å². The Morgan fingerprint density at radius 3 is 2.52 bits per heavy atom. The first kappa shape index (κ1) is 15.5. The van der Waals surface area contributed by atoms with E-state index in [0.717, 1.165) is 46.9 Å². The first-order valence-electron chi connectivity index (χ1n) is 8.28. The van der Waals surface area contributed by atoms with Crippen LogP contribution in [0.4, 0.5) is 5.82 Å². The molecule has 2 heterocycles. The van der Waals surface area contributed by atoms with E-state index in [-0.39, 0.29) is 0 Å². The van der Waals surface area contributed by atoms with Gasteiger partial charge in [-0.1, -0.05) is 43.2 Å². The van der Waals surface area contributed by atoms with Crippen LogP contribution in [-0.4, -0.2) is 21.1 Å². The molecule has 2 aromatic heterocycles. The van der Waals surface area contributed by atoms with Crippen molar-refractivity contribution in [3.8, 4) is 11.3 Å². The first-order chi connectivity index (χ1) is 11.1. The molecule has 4 nitrogen and oxygen atoms in total. The molecule has 4 heteroatoms. The summed E-state index contributed by atoms with van der Waals surface area (Å²) >= 11 is 0. The average molecular weight is 308 g/mol. The van der Waals surface area contributed by atoms with E-state index in [4.69, 9.17) is 5.10 Å². The largest absolute Gasteiger partial charge is 0.370 e. The lowest BCUT2D eigenvalue weighted by Gasteiger charge is -2.08. The summed E-state index contributed by atoms with van der Waals surface area (Å²) in [5.41, 5.74) is 6.45. The molecule has 0 radical (unpaired) electrons.